The van der Waals surface area contributed by atoms with Crippen LogP contribution in [0.5, 0.6) is 23.1 Å². The molecule has 0 saturated heterocycles. The topological polar surface area (TPSA) is 131 Å². The second-order valence-electron chi connectivity index (χ2n) is 12.9. The van der Waals surface area contributed by atoms with Crippen molar-refractivity contribution in [2.75, 3.05) is 18.6 Å². The fraction of sp³-hybridized carbons (Fsp3) is 0.200. The summed E-state index contributed by atoms with van der Waals surface area (Å²) in [6.45, 7) is 5.09. The lowest BCUT2D eigenvalue weighted by atomic mass is 9.86. The predicted molar refractivity (Wildman–Crippen MR) is 199 cm³/mol. The van der Waals surface area contributed by atoms with E-state index < -0.39 is 17.2 Å². The first kappa shape index (κ1) is 34.9. The first-order valence-electron chi connectivity index (χ1n) is 16.2. The van der Waals surface area contributed by atoms with Gasteiger partial charge in [-0.1, -0.05) is 65.9 Å². The number of carbonyl (C=O) groups excluding carboxylic acids is 2. The Kier molecular flexibility index (Phi) is 9.92. The summed E-state index contributed by atoms with van der Waals surface area (Å²) in [6.07, 6.45) is 4.80. The number of ketones is 1. The molecule has 5 aromatic rings. The van der Waals surface area contributed by atoms with E-state index in [2.05, 4.69) is 9.98 Å². The number of aromatic hydroxyl groups is 1. The average Bonchev–Trinajstić information content (AvgIpc) is 3.73. The van der Waals surface area contributed by atoms with Crippen molar-refractivity contribution in [3.05, 3.63) is 135 Å². The quantitative estimate of drug-likeness (QED) is 0.142. The van der Waals surface area contributed by atoms with Gasteiger partial charge in [0.25, 0.3) is 0 Å². The van der Waals surface area contributed by atoms with Gasteiger partial charge in [-0.3, -0.25) is 24.5 Å². The van der Waals surface area contributed by atoms with Crippen LogP contribution >= 0.6 is 11.3 Å². The van der Waals surface area contributed by atoms with E-state index >= 15 is 0 Å². The third kappa shape index (κ3) is 8.11. The smallest absolute Gasteiger partial charge is 0.414 e. The molecule has 1 aliphatic rings. The summed E-state index contributed by atoms with van der Waals surface area (Å²) in [4.78, 5) is 47.2. The number of anilines is 1. The summed E-state index contributed by atoms with van der Waals surface area (Å²) in [5.41, 5.74) is 1.75. The normalized spacial score (nSPS) is 15.1. The number of aromatic amines is 1. The maximum Gasteiger partial charge on any atom is 0.414 e. The molecule has 1 amide bonds. The highest BCUT2D eigenvalue weighted by Gasteiger charge is 2.41. The number of rotatable bonds is 11. The lowest BCUT2D eigenvalue weighted by Gasteiger charge is -2.28. The lowest BCUT2D eigenvalue weighted by molar-refractivity contribution is -0.124. The molecule has 10 nitrogen and oxygen atoms in total. The van der Waals surface area contributed by atoms with Crippen LogP contribution in [0.4, 0.5) is 10.5 Å². The van der Waals surface area contributed by atoms with E-state index in [-0.39, 0.29) is 23.1 Å². The molecule has 2 N–H and O–H groups in total. The van der Waals surface area contributed by atoms with Crippen molar-refractivity contribution in [3.63, 3.8) is 0 Å². The number of hydrogen-bond acceptors (Lipinski definition) is 9. The Labute approximate surface area is 299 Å². The summed E-state index contributed by atoms with van der Waals surface area (Å²) in [6, 6.07) is 29.8. The number of amides is 1. The Morgan fingerprint density at radius 3 is 2.24 bits per heavy atom. The van der Waals surface area contributed by atoms with Crippen molar-refractivity contribution >= 4 is 35.1 Å². The molecule has 0 fully saturated rings. The van der Waals surface area contributed by atoms with E-state index in [0.29, 0.717) is 39.8 Å². The summed E-state index contributed by atoms with van der Waals surface area (Å²) in [5, 5.41) is 9.92. The number of thiazole rings is 1. The van der Waals surface area contributed by atoms with Gasteiger partial charge in [0.15, 0.2) is 5.54 Å². The van der Waals surface area contributed by atoms with Crippen molar-refractivity contribution in [1.82, 2.24) is 4.98 Å². The maximum atomic E-state index is 14.1. The zero-order chi connectivity index (χ0) is 36.2. The summed E-state index contributed by atoms with van der Waals surface area (Å²) >= 11 is 0.953. The molecule has 0 radical (unpaired) electrons. The zero-order valence-corrected chi connectivity index (χ0v) is 29.4. The molecular formula is C40H37N3O7S. The van der Waals surface area contributed by atoms with Crippen LogP contribution in [0.3, 0.4) is 0 Å². The number of aromatic nitrogens is 1. The molecule has 11 heteroatoms. The number of allylic oxidation sites excluding steroid dienone is 1. The second kappa shape index (κ2) is 14.5. The van der Waals surface area contributed by atoms with Gasteiger partial charge in [-0.05, 0) is 86.0 Å². The third-order valence-corrected chi connectivity index (χ3v) is 8.98. The zero-order valence-electron chi connectivity index (χ0n) is 28.6. The Morgan fingerprint density at radius 1 is 0.922 bits per heavy atom. The second-order valence-corrected chi connectivity index (χ2v) is 14.0. The van der Waals surface area contributed by atoms with Crippen LogP contribution in [0.15, 0.2) is 119 Å². The van der Waals surface area contributed by atoms with E-state index in [1.807, 2.05) is 66.7 Å². The fourth-order valence-corrected chi connectivity index (χ4v) is 6.27. The van der Waals surface area contributed by atoms with Crippen molar-refractivity contribution in [2.24, 2.45) is 4.99 Å². The molecule has 1 atom stereocenters. The van der Waals surface area contributed by atoms with Crippen LogP contribution in [0.1, 0.15) is 36.8 Å². The molecule has 51 heavy (non-hydrogen) atoms. The van der Waals surface area contributed by atoms with Gasteiger partial charge in [0.1, 0.15) is 29.5 Å². The Hall–Kier alpha value is -5.94. The molecule has 6 rings (SSSR count). The molecule has 1 unspecified atom stereocenters. The van der Waals surface area contributed by atoms with Gasteiger partial charge in [-0.25, -0.2) is 4.79 Å². The molecule has 4 aromatic carbocycles. The van der Waals surface area contributed by atoms with Gasteiger partial charge in [0, 0.05) is 31.3 Å². The maximum absolute atomic E-state index is 14.1. The van der Waals surface area contributed by atoms with Crippen LogP contribution in [0.2, 0.25) is 0 Å². The van der Waals surface area contributed by atoms with Crippen molar-refractivity contribution in [2.45, 2.75) is 38.3 Å². The average molecular weight is 704 g/mol. The molecule has 0 bridgehead atoms. The molecule has 1 aromatic heterocycles. The van der Waals surface area contributed by atoms with Crippen molar-refractivity contribution < 1.29 is 28.9 Å². The van der Waals surface area contributed by atoms with Gasteiger partial charge in [-0.15, -0.1) is 0 Å². The van der Waals surface area contributed by atoms with E-state index in [1.165, 1.54) is 4.90 Å². The van der Waals surface area contributed by atoms with Crippen LogP contribution in [0.25, 0.3) is 11.1 Å². The highest BCUT2D eigenvalue weighted by molar-refractivity contribution is 7.09. The van der Waals surface area contributed by atoms with Gasteiger partial charge in [-0.2, -0.15) is 0 Å². The number of aliphatic imine (C=N–C) groups is 1. The number of H-pyrrole nitrogens is 1. The largest absolute Gasteiger partial charge is 0.494 e. The summed E-state index contributed by atoms with van der Waals surface area (Å²) in [5.74, 6) is 0.841. The number of hydrogen-bond donors (Lipinski definition) is 2. The fourth-order valence-electron chi connectivity index (χ4n) is 5.51. The molecule has 0 saturated carbocycles. The standard InChI is InChI=1S/C40H37N3O7S/c1-39(2,3)50-38(47)43(4)29-15-20-32(33(24-29)49-31-18-13-28(14-19-31)27-9-6-5-7-10-27)40(21-8-22-41-40)35(44)25-48-30-16-11-26(12-17-30)23-34-36(45)42-37(46)51-34/h5-22,24,45H,23,25H2,1-4H3,(H,42,46). The summed E-state index contributed by atoms with van der Waals surface area (Å²) < 4.78 is 18.0. The van der Waals surface area contributed by atoms with Gasteiger partial charge < -0.3 is 19.3 Å². The number of carbonyl (C=O) groups is 2. The van der Waals surface area contributed by atoms with Crippen LogP contribution in [-0.2, 0) is 21.5 Å². The van der Waals surface area contributed by atoms with E-state index in [1.54, 1.807) is 76.5 Å². The van der Waals surface area contributed by atoms with Crippen molar-refractivity contribution in [1.29, 1.82) is 0 Å². The van der Waals surface area contributed by atoms with Crippen molar-refractivity contribution in [3.8, 4) is 34.3 Å². The van der Waals surface area contributed by atoms with Gasteiger partial charge in [0.05, 0.1) is 10.6 Å². The van der Waals surface area contributed by atoms with E-state index in [9.17, 15) is 19.5 Å². The van der Waals surface area contributed by atoms with Crippen LogP contribution in [-0.4, -0.2) is 47.4 Å². The number of nitrogens with zero attached hydrogens (tertiary/aromatic N) is 2. The molecule has 1 aliphatic heterocycles. The minimum absolute atomic E-state index is 0.136. The van der Waals surface area contributed by atoms with E-state index in [4.69, 9.17) is 14.2 Å². The molecule has 260 valence electrons. The molecular weight excluding hydrogens is 667 g/mol. The molecule has 0 spiro atoms. The lowest BCUT2D eigenvalue weighted by Crippen LogP contribution is -2.36. The number of Topliss-reactive ketones (excluding diaryl/α,β-unsaturated/α-hetero) is 1. The monoisotopic (exact) mass is 703 g/mol. The highest BCUT2D eigenvalue weighted by atomic mass is 32.1. The SMILES string of the molecule is CN(C(=O)OC(C)(C)C)c1ccc(C2(C(=O)COc3ccc(Cc4sc(=O)[nH]c4O)cc3)C=CC=N2)c(Oc2ccc(-c3ccccc3)cc2)c1. The highest BCUT2D eigenvalue weighted by Crippen LogP contribution is 2.42. The predicted octanol–water partition coefficient (Wildman–Crippen LogP) is 8.05. The molecule has 0 aliphatic carbocycles. The number of ether oxygens (including phenoxy) is 3. The van der Waals surface area contributed by atoms with E-state index in [0.717, 1.165) is 28.0 Å². The van der Waals surface area contributed by atoms with Gasteiger partial charge in [0.2, 0.25) is 11.7 Å². The number of benzene rings is 4. The Bertz CT molecular complexity index is 2130. The molecule has 2 heterocycles. The number of nitrogens with one attached hydrogen (secondary N) is 1. The first-order valence-corrected chi connectivity index (χ1v) is 17.1. The minimum atomic E-state index is -1.45. The minimum Gasteiger partial charge on any atom is -0.494 e. The van der Waals surface area contributed by atoms with Crippen LogP contribution in [0, 0.1) is 0 Å². The summed E-state index contributed by atoms with van der Waals surface area (Å²) in [7, 11) is 1.61. The Morgan fingerprint density at radius 2 is 1.61 bits per heavy atom. The van der Waals surface area contributed by atoms with Gasteiger partial charge >= 0.3 is 11.0 Å². The van der Waals surface area contributed by atoms with Crippen LogP contribution < -0.4 is 19.2 Å². The Balaban J connectivity index is 1.27. The first-order chi connectivity index (χ1) is 24.4. The third-order valence-electron chi connectivity index (χ3n) is 8.10.